The molecule has 2 rings (SSSR count). The van der Waals surface area contributed by atoms with Crippen molar-refractivity contribution in [2.75, 3.05) is 0 Å². The molecule has 2 aromatic rings. The molecule has 1 unspecified atom stereocenters. The summed E-state index contributed by atoms with van der Waals surface area (Å²) in [5, 5.41) is 2.47. The first-order chi connectivity index (χ1) is 8.09. The summed E-state index contributed by atoms with van der Waals surface area (Å²) in [6.07, 6.45) is 0.591. The predicted molar refractivity (Wildman–Crippen MR) is 71.0 cm³/mol. The van der Waals surface area contributed by atoms with E-state index in [1.54, 1.807) is 24.3 Å². The Labute approximate surface area is 109 Å². The van der Waals surface area contributed by atoms with E-state index < -0.39 is 5.54 Å². The lowest BCUT2D eigenvalue weighted by Crippen LogP contribution is -2.37. The fraction of sp³-hybridized carbons (Fsp3) is 0.231. The largest absolute Gasteiger partial charge is 0.317 e. The molecule has 1 atom stereocenters. The minimum atomic E-state index is -0.851. The molecule has 17 heavy (non-hydrogen) atoms. The summed E-state index contributed by atoms with van der Waals surface area (Å²) in [5.41, 5.74) is 6.01. The normalized spacial score (nSPS) is 14.6. The van der Waals surface area contributed by atoms with E-state index in [-0.39, 0.29) is 5.82 Å². The molecule has 0 bridgehead atoms. The molecule has 1 nitrogen and oxygen atoms in total. The molecule has 0 spiro atoms. The minimum Gasteiger partial charge on any atom is -0.317 e. The number of benzene rings is 1. The third-order valence-corrected chi connectivity index (χ3v) is 4.45. The fourth-order valence-corrected chi connectivity index (χ4v) is 3.33. The van der Waals surface area contributed by atoms with Gasteiger partial charge in [0, 0.05) is 10.4 Å². The molecular weight excluding hydrogens is 257 g/mol. The van der Waals surface area contributed by atoms with E-state index in [0.717, 1.165) is 4.88 Å². The van der Waals surface area contributed by atoms with Crippen LogP contribution in [0.1, 0.15) is 23.8 Å². The second-order valence-corrected chi connectivity index (χ2v) is 5.23. The van der Waals surface area contributed by atoms with Gasteiger partial charge in [0.2, 0.25) is 0 Å². The quantitative estimate of drug-likeness (QED) is 0.890. The van der Waals surface area contributed by atoms with Crippen molar-refractivity contribution < 1.29 is 4.39 Å². The van der Waals surface area contributed by atoms with Crippen molar-refractivity contribution in [2.24, 2.45) is 5.73 Å². The summed E-state index contributed by atoms with van der Waals surface area (Å²) in [6, 6.07) is 8.38. The minimum absolute atomic E-state index is 0.290. The van der Waals surface area contributed by atoms with Gasteiger partial charge in [0.05, 0.1) is 10.6 Å². The van der Waals surface area contributed by atoms with E-state index in [1.807, 2.05) is 12.3 Å². The highest BCUT2D eigenvalue weighted by atomic mass is 35.5. The van der Waals surface area contributed by atoms with Crippen molar-refractivity contribution in [2.45, 2.75) is 18.9 Å². The van der Waals surface area contributed by atoms with Crippen LogP contribution in [0.15, 0.2) is 35.7 Å². The summed E-state index contributed by atoms with van der Waals surface area (Å²) in [7, 11) is 0. The molecule has 0 aliphatic rings. The Morgan fingerprint density at radius 2 is 2.06 bits per heavy atom. The maximum Gasteiger partial charge on any atom is 0.128 e. The van der Waals surface area contributed by atoms with Crippen molar-refractivity contribution >= 4 is 22.9 Å². The van der Waals surface area contributed by atoms with Gasteiger partial charge in [-0.1, -0.05) is 36.7 Å². The first-order valence-electron chi connectivity index (χ1n) is 5.37. The third kappa shape index (κ3) is 2.10. The average molecular weight is 270 g/mol. The molecule has 90 valence electrons. The summed E-state index contributed by atoms with van der Waals surface area (Å²) >= 11 is 7.57. The summed E-state index contributed by atoms with van der Waals surface area (Å²) in [6.45, 7) is 1.93. The first kappa shape index (κ1) is 12.6. The number of nitrogens with two attached hydrogens (primary N) is 1. The zero-order valence-electron chi connectivity index (χ0n) is 9.41. The number of rotatable bonds is 3. The van der Waals surface area contributed by atoms with Gasteiger partial charge in [-0.05, 0) is 23.9 Å². The summed E-state index contributed by atoms with van der Waals surface area (Å²) in [4.78, 5) is 0.812. The van der Waals surface area contributed by atoms with Crippen LogP contribution < -0.4 is 5.73 Å². The number of halogens is 2. The molecule has 1 aromatic carbocycles. The second kappa shape index (κ2) is 4.77. The van der Waals surface area contributed by atoms with Crippen molar-refractivity contribution in [3.63, 3.8) is 0 Å². The molecule has 0 saturated heterocycles. The second-order valence-electron chi connectivity index (χ2n) is 3.90. The molecule has 0 amide bonds. The Kier molecular flexibility index (Phi) is 3.52. The lowest BCUT2D eigenvalue weighted by molar-refractivity contribution is 0.487. The van der Waals surface area contributed by atoms with Crippen LogP contribution in [0.4, 0.5) is 4.39 Å². The molecule has 0 saturated carbocycles. The predicted octanol–water partition coefficient (Wildman–Crippen LogP) is 4.15. The van der Waals surface area contributed by atoms with E-state index in [4.69, 9.17) is 17.3 Å². The molecule has 0 aliphatic heterocycles. The van der Waals surface area contributed by atoms with Gasteiger partial charge in [-0.3, -0.25) is 0 Å². The van der Waals surface area contributed by atoms with Crippen LogP contribution in [0.5, 0.6) is 0 Å². The van der Waals surface area contributed by atoms with E-state index in [9.17, 15) is 4.39 Å². The van der Waals surface area contributed by atoms with Gasteiger partial charge in [-0.15, -0.1) is 11.3 Å². The Morgan fingerprint density at radius 1 is 1.35 bits per heavy atom. The van der Waals surface area contributed by atoms with Gasteiger partial charge < -0.3 is 5.73 Å². The van der Waals surface area contributed by atoms with Crippen molar-refractivity contribution in [1.82, 2.24) is 0 Å². The standard InChI is InChI=1S/C13H13ClFNS/c1-2-13(16,12-10(14)7-8-17-12)9-5-3-4-6-11(9)15/h3-8H,2,16H2,1H3. The van der Waals surface area contributed by atoms with E-state index in [1.165, 1.54) is 17.4 Å². The summed E-state index contributed by atoms with van der Waals surface area (Å²) in [5.74, 6) is -0.290. The lowest BCUT2D eigenvalue weighted by atomic mass is 9.86. The summed E-state index contributed by atoms with van der Waals surface area (Å²) < 4.78 is 13.9. The molecule has 0 fully saturated rings. The van der Waals surface area contributed by atoms with Gasteiger partial charge in [-0.2, -0.15) is 0 Å². The molecule has 2 N–H and O–H groups in total. The van der Waals surface area contributed by atoms with E-state index >= 15 is 0 Å². The van der Waals surface area contributed by atoms with Crippen molar-refractivity contribution in [3.05, 3.63) is 57.0 Å². The Morgan fingerprint density at radius 3 is 2.59 bits per heavy atom. The SMILES string of the molecule is CCC(N)(c1ccccc1F)c1sccc1Cl. The van der Waals surface area contributed by atoms with Gasteiger partial charge in [0.25, 0.3) is 0 Å². The maximum atomic E-state index is 13.9. The number of thiophene rings is 1. The zero-order valence-corrected chi connectivity index (χ0v) is 11.0. The highest BCUT2D eigenvalue weighted by Gasteiger charge is 2.33. The van der Waals surface area contributed by atoms with Gasteiger partial charge in [0.15, 0.2) is 0 Å². The number of hydrogen-bond donors (Lipinski definition) is 1. The molecule has 1 heterocycles. The zero-order chi connectivity index (χ0) is 12.5. The number of hydrogen-bond acceptors (Lipinski definition) is 2. The molecule has 0 aliphatic carbocycles. The third-order valence-electron chi connectivity index (χ3n) is 2.93. The van der Waals surface area contributed by atoms with Gasteiger partial charge in [-0.25, -0.2) is 4.39 Å². The van der Waals surface area contributed by atoms with Crippen LogP contribution >= 0.6 is 22.9 Å². The van der Waals surface area contributed by atoms with Crippen LogP contribution in [0, 0.1) is 5.82 Å². The van der Waals surface area contributed by atoms with Gasteiger partial charge >= 0.3 is 0 Å². The van der Waals surface area contributed by atoms with Crippen LogP contribution in [-0.4, -0.2) is 0 Å². The fourth-order valence-electron chi connectivity index (χ4n) is 1.91. The average Bonchev–Trinajstić information content (AvgIpc) is 2.76. The lowest BCUT2D eigenvalue weighted by Gasteiger charge is -2.28. The van der Waals surface area contributed by atoms with Gasteiger partial charge in [0.1, 0.15) is 5.82 Å². The van der Waals surface area contributed by atoms with Crippen LogP contribution in [0.2, 0.25) is 5.02 Å². The Balaban J connectivity index is 2.60. The Hall–Kier alpha value is -0.900. The van der Waals surface area contributed by atoms with Crippen LogP contribution in [-0.2, 0) is 5.54 Å². The van der Waals surface area contributed by atoms with Crippen molar-refractivity contribution in [1.29, 1.82) is 0 Å². The Bertz CT molecular complexity index is 526. The molecule has 4 heteroatoms. The molecule has 0 radical (unpaired) electrons. The molecular formula is C13H13ClFNS. The van der Waals surface area contributed by atoms with Crippen molar-refractivity contribution in [3.8, 4) is 0 Å². The van der Waals surface area contributed by atoms with E-state index in [0.29, 0.717) is 17.0 Å². The molecule has 1 aromatic heterocycles. The van der Waals surface area contributed by atoms with E-state index in [2.05, 4.69) is 0 Å². The highest BCUT2D eigenvalue weighted by molar-refractivity contribution is 7.10. The smallest absolute Gasteiger partial charge is 0.128 e. The highest BCUT2D eigenvalue weighted by Crippen LogP contribution is 2.39. The maximum absolute atomic E-state index is 13.9. The first-order valence-corrected chi connectivity index (χ1v) is 6.62. The van der Waals surface area contributed by atoms with Crippen LogP contribution in [0.25, 0.3) is 0 Å². The topological polar surface area (TPSA) is 26.0 Å². The van der Waals surface area contributed by atoms with Crippen LogP contribution in [0.3, 0.4) is 0 Å². The monoisotopic (exact) mass is 269 g/mol.